The van der Waals surface area contributed by atoms with Gasteiger partial charge in [0.15, 0.2) is 0 Å². The summed E-state index contributed by atoms with van der Waals surface area (Å²) in [6.07, 6.45) is 7.25. The van der Waals surface area contributed by atoms with Crippen LogP contribution in [0.1, 0.15) is 18.4 Å². The first-order valence-corrected chi connectivity index (χ1v) is 6.83. The van der Waals surface area contributed by atoms with Crippen molar-refractivity contribution in [2.45, 2.75) is 31.5 Å². The zero-order valence-corrected chi connectivity index (χ0v) is 11.0. The molecule has 0 N–H and O–H groups in total. The van der Waals surface area contributed by atoms with Crippen LogP contribution in [0.5, 0.6) is 0 Å². The smallest absolute Gasteiger partial charge is 0.224 e. The number of hydrogen-bond acceptors (Lipinski definition) is 3. The van der Waals surface area contributed by atoms with E-state index in [9.17, 15) is 4.79 Å². The van der Waals surface area contributed by atoms with Gasteiger partial charge >= 0.3 is 0 Å². The first kappa shape index (κ1) is 12.4. The molecule has 4 nitrogen and oxygen atoms in total. The predicted octanol–water partition coefficient (Wildman–Crippen LogP) is 1.44. The lowest BCUT2D eigenvalue weighted by atomic mass is 10.1. The maximum Gasteiger partial charge on any atom is 0.224 e. The molecule has 2 atom stereocenters. The Morgan fingerprint density at radius 3 is 3.11 bits per heavy atom. The topological polar surface area (TPSA) is 36.4 Å². The van der Waals surface area contributed by atoms with Crippen LogP contribution in [0.15, 0.2) is 37.2 Å². The van der Waals surface area contributed by atoms with Gasteiger partial charge in [-0.1, -0.05) is 12.1 Å². The Kier molecular flexibility index (Phi) is 3.34. The van der Waals surface area contributed by atoms with Crippen molar-refractivity contribution in [3.05, 3.63) is 42.7 Å². The Balaban J connectivity index is 1.71. The molecule has 0 saturated carbocycles. The van der Waals surface area contributed by atoms with Crippen LogP contribution < -0.4 is 0 Å². The van der Waals surface area contributed by atoms with Crippen LogP contribution in [0, 0.1) is 0 Å². The molecule has 1 aromatic heterocycles. The van der Waals surface area contributed by atoms with Gasteiger partial charge in [0.2, 0.25) is 5.91 Å². The highest BCUT2D eigenvalue weighted by atomic mass is 16.2. The molecule has 100 valence electrons. The second-order valence-electron chi connectivity index (χ2n) is 5.29. The van der Waals surface area contributed by atoms with Gasteiger partial charge in [0, 0.05) is 50.5 Å². The minimum atomic E-state index is 0.269. The number of nitrogens with zero attached hydrogens (tertiary/aromatic N) is 3. The summed E-state index contributed by atoms with van der Waals surface area (Å²) in [6.45, 7) is 6.38. The lowest BCUT2D eigenvalue weighted by molar-refractivity contribution is -0.128. The number of likely N-dealkylation sites (tertiary alicyclic amines) is 2. The van der Waals surface area contributed by atoms with Crippen LogP contribution >= 0.6 is 0 Å². The average molecular weight is 257 g/mol. The van der Waals surface area contributed by atoms with Gasteiger partial charge in [-0.15, -0.1) is 6.58 Å². The number of amides is 1. The number of carbonyl (C=O) groups is 1. The van der Waals surface area contributed by atoms with Crippen LogP contribution in [-0.4, -0.2) is 45.9 Å². The maximum absolute atomic E-state index is 12.0. The van der Waals surface area contributed by atoms with Crippen molar-refractivity contribution in [2.24, 2.45) is 0 Å². The van der Waals surface area contributed by atoms with Gasteiger partial charge in [0.05, 0.1) is 0 Å². The zero-order valence-electron chi connectivity index (χ0n) is 11.0. The van der Waals surface area contributed by atoms with E-state index in [1.165, 1.54) is 5.56 Å². The van der Waals surface area contributed by atoms with Gasteiger partial charge in [-0.3, -0.25) is 14.7 Å². The van der Waals surface area contributed by atoms with Gasteiger partial charge in [0.1, 0.15) is 0 Å². The number of carbonyl (C=O) groups excluding carboxylic acids is 1. The summed E-state index contributed by atoms with van der Waals surface area (Å²) in [5, 5.41) is 0. The highest BCUT2D eigenvalue weighted by Gasteiger charge is 2.45. The second kappa shape index (κ2) is 5.13. The molecule has 2 aliphatic heterocycles. The SMILES string of the molecule is C=CCN1C(=O)C[C@@H]2[C@@H]1CCN2Cc1cccnc1. The third-order valence-corrected chi connectivity index (χ3v) is 4.16. The lowest BCUT2D eigenvalue weighted by Gasteiger charge is -2.24. The van der Waals surface area contributed by atoms with E-state index in [0.717, 1.165) is 19.5 Å². The fourth-order valence-electron chi connectivity index (χ4n) is 3.31. The molecule has 1 amide bonds. The standard InChI is InChI=1S/C15H19N3O/c1-2-7-18-13-5-8-17(14(13)9-15(18)19)11-12-4-3-6-16-10-12/h2-4,6,10,13-14H,1,5,7-9,11H2/t13-,14+/m0/s1. The van der Waals surface area contributed by atoms with Gasteiger partial charge in [-0.2, -0.15) is 0 Å². The number of fused-ring (bicyclic) bond motifs is 1. The van der Waals surface area contributed by atoms with Gasteiger partial charge in [0.25, 0.3) is 0 Å². The third-order valence-electron chi connectivity index (χ3n) is 4.16. The number of pyridine rings is 1. The zero-order chi connectivity index (χ0) is 13.2. The lowest BCUT2D eigenvalue weighted by Crippen LogP contribution is -2.37. The molecule has 0 bridgehead atoms. The molecule has 2 aliphatic rings. The fourth-order valence-corrected chi connectivity index (χ4v) is 3.31. The molecule has 4 heteroatoms. The molecule has 19 heavy (non-hydrogen) atoms. The number of aromatic nitrogens is 1. The quantitative estimate of drug-likeness (QED) is 0.766. The first-order chi connectivity index (χ1) is 9.29. The van der Waals surface area contributed by atoms with Crippen LogP contribution in [0.3, 0.4) is 0 Å². The molecule has 0 spiro atoms. The van der Waals surface area contributed by atoms with Crippen LogP contribution in [0.4, 0.5) is 0 Å². The summed E-state index contributed by atoms with van der Waals surface area (Å²) in [5.74, 6) is 0.269. The van der Waals surface area contributed by atoms with E-state index in [-0.39, 0.29) is 5.91 Å². The average Bonchev–Trinajstić information content (AvgIpc) is 2.93. The Hall–Kier alpha value is -1.68. The van der Waals surface area contributed by atoms with Crippen LogP contribution in [-0.2, 0) is 11.3 Å². The van der Waals surface area contributed by atoms with Crippen molar-refractivity contribution in [3.8, 4) is 0 Å². The van der Waals surface area contributed by atoms with E-state index in [1.54, 1.807) is 6.20 Å². The summed E-state index contributed by atoms with van der Waals surface area (Å²) in [7, 11) is 0. The van der Waals surface area contributed by atoms with Crippen molar-refractivity contribution in [3.63, 3.8) is 0 Å². The summed E-state index contributed by atoms with van der Waals surface area (Å²) in [4.78, 5) is 20.6. The molecule has 2 saturated heterocycles. The van der Waals surface area contributed by atoms with Crippen molar-refractivity contribution in [2.75, 3.05) is 13.1 Å². The first-order valence-electron chi connectivity index (χ1n) is 6.83. The monoisotopic (exact) mass is 257 g/mol. The second-order valence-corrected chi connectivity index (χ2v) is 5.29. The Morgan fingerprint density at radius 1 is 1.47 bits per heavy atom. The molecular weight excluding hydrogens is 238 g/mol. The normalized spacial score (nSPS) is 26.7. The van der Waals surface area contributed by atoms with E-state index >= 15 is 0 Å². The molecule has 0 aliphatic carbocycles. The van der Waals surface area contributed by atoms with Crippen LogP contribution in [0.2, 0.25) is 0 Å². The molecular formula is C15H19N3O. The molecule has 0 unspecified atom stereocenters. The maximum atomic E-state index is 12.0. The van der Waals surface area contributed by atoms with Crippen molar-refractivity contribution >= 4 is 5.91 Å². The molecule has 1 aromatic rings. The fraction of sp³-hybridized carbons (Fsp3) is 0.467. The van der Waals surface area contributed by atoms with Crippen LogP contribution in [0.25, 0.3) is 0 Å². The van der Waals surface area contributed by atoms with Gasteiger partial charge in [-0.05, 0) is 18.1 Å². The molecule has 0 aromatic carbocycles. The van der Waals surface area contributed by atoms with E-state index in [2.05, 4.69) is 22.5 Å². The Bertz CT molecular complexity index is 474. The minimum absolute atomic E-state index is 0.269. The van der Waals surface area contributed by atoms with Crippen molar-refractivity contribution in [1.29, 1.82) is 0 Å². The number of rotatable bonds is 4. The third kappa shape index (κ3) is 2.28. The van der Waals surface area contributed by atoms with Gasteiger partial charge in [-0.25, -0.2) is 0 Å². The summed E-state index contributed by atoms with van der Waals surface area (Å²) in [5.41, 5.74) is 1.22. The minimum Gasteiger partial charge on any atom is -0.334 e. The highest BCUT2D eigenvalue weighted by molar-refractivity contribution is 5.80. The Morgan fingerprint density at radius 2 is 2.37 bits per heavy atom. The van der Waals surface area contributed by atoms with Crippen molar-refractivity contribution < 1.29 is 4.79 Å². The predicted molar refractivity (Wildman–Crippen MR) is 73.4 cm³/mol. The number of hydrogen-bond donors (Lipinski definition) is 0. The molecule has 0 radical (unpaired) electrons. The summed E-state index contributed by atoms with van der Waals surface area (Å²) >= 11 is 0. The molecule has 3 heterocycles. The highest BCUT2D eigenvalue weighted by Crippen LogP contribution is 2.33. The Labute approximate surface area is 113 Å². The van der Waals surface area contributed by atoms with E-state index in [4.69, 9.17) is 0 Å². The van der Waals surface area contributed by atoms with E-state index in [1.807, 2.05) is 23.2 Å². The summed E-state index contributed by atoms with van der Waals surface area (Å²) < 4.78 is 0. The molecule has 2 fully saturated rings. The van der Waals surface area contributed by atoms with Gasteiger partial charge < -0.3 is 4.90 Å². The van der Waals surface area contributed by atoms with Crippen molar-refractivity contribution in [1.82, 2.24) is 14.8 Å². The summed E-state index contributed by atoms with van der Waals surface area (Å²) in [6, 6.07) is 4.81. The molecule has 3 rings (SSSR count). The van der Waals surface area contributed by atoms with E-state index in [0.29, 0.717) is 25.0 Å². The largest absolute Gasteiger partial charge is 0.334 e. The van der Waals surface area contributed by atoms with E-state index < -0.39 is 0 Å².